The monoisotopic (exact) mass is 190 g/mol. The van der Waals surface area contributed by atoms with Crippen LogP contribution in [-0.4, -0.2) is 21.8 Å². The molecule has 0 unspecified atom stereocenters. The zero-order chi connectivity index (χ0) is 9.45. The molecule has 0 N–H and O–H groups in total. The lowest BCUT2D eigenvalue weighted by atomic mass is 10.4. The molecular formula is C9H22O2Si. The quantitative estimate of drug-likeness (QED) is 0.575. The van der Waals surface area contributed by atoms with Gasteiger partial charge in [-0.25, -0.2) is 0 Å². The lowest BCUT2D eigenvalue weighted by molar-refractivity contribution is 0.188. The lowest BCUT2D eigenvalue weighted by Gasteiger charge is -2.25. The van der Waals surface area contributed by atoms with Crippen LogP contribution in [0, 0.1) is 0 Å². The van der Waals surface area contributed by atoms with E-state index in [-0.39, 0.29) is 0 Å². The van der Waals surface area contributed by atoms with Crippen molar-refractivity contribution in [1.29, 1.82) is 0 Å². The molecule has 0 aromatic carbocycles. The molecule has 0 amide bonds. The molecule has 0 fully saturated rings. The van der Waals surface area contributed by atoms with E-state index in [0.717, 1.165) is 19.3 Å². The summed E-state index contributed by atoms with van der Waals surface area (Å²) < 4.78 is 11.4. The Morgan fingerprint density at radius 1 is 1.00 bits per heavy atom. The average molecular weight is 190 g/mol. The van der Waals surface area contributed by atoms with E-state index >= 15 is 0 Å². The van der Waals surface area contributed by atoms with Gasteiger partial charge in [0, 0.05) is 13.2 Å². The first kappa shape index (κ1) is 12.1. The molecular weight excluding hydrogens is 168 g/mol. The minimum atomic E-state index is -1.77. The van der Waals surface area contributed by atoms with Gasteiger partial charge in [0.25, 0.3) is 0 Å². The fraction of sp³-hybridized carbons (Fsp3) is 1.00. The highest BCUT2D eigenvalue weighted by molar-refractivity contribution is 6.66. The molecule has 0 aliphatic heterocycles. The molecule has 0 saturated heterocycles. The lowest BCUT2D eigenvalue weighted by Crippen LogP contribution is -2.38. The van der Waals surface area contributed by atoms with Crippen LogP contribution >= 0.6 is 0 Å². The topological polar surface area (TPSA) is 18.5 Å². The molecule has 0 aromatic rings. The van der Waals surface area contributed by atoms with Gasteiger partial charge in [-0.2, -0.15) is 0 Å². The van der Waals surface area contributed by atoms with E-state index in [1.54, 1.807) is 0 Å². The molecule has 74 valence electrons. The number of hydrogen-bond acceptors (Lipinski definition) is 2. The maximum Gasteiger partial charge on any atom is 0.334 e. The van der Waals surface area contributed by atoms with Crippen LogP contribution in [0.3, 0.4) is 0 Å². The highest BCUT2D eigenvalue weighted by atomic mass is 28.4. The molecule has 0 aromatic heterocycles. The van der Waals surface area contributed by atoms with Gasteiger partial charge >= 0.3 is 8.56 Å². The largest absolute Gasteiger partial charge is 0.395 e. The maximum absolute atomic E-state index is 5.69. The van der Waals surface area contributed by atoms with E-state index in [1.165, 1.54) is 12.8 Å². The molecule has 0 spiro atoms. The van der Waals surface area contributed by atoms with Crippen molar-refractivity contribution in [1.82, 2.24) is 0 Å². The molecule has 0 atom stereocenters. The van der Waals surface area contributed by atoms with Crippen LogP contribution in [0.4, 0.5) is 0 Å². The Bertz CT molecular complexity index is 101. The van der Waals surface area contributed by atoms with Crippen LogP contribution in [0.25, 0.3) is 0 Å². The van der Waals surface area contributed by atoms with Crippen LogP contribution in [0.2, 0.25) is 12.6 Å². The Hall–Kier alpha value is 0.137. The SMILES string of the molecule is CCCC[Si](C)(OCC)OCC. The summed E-state index contributed by atoms with van der Waals surface area (Å²) in [5.41, 5.74) is 0. The molecule has 0 aliphatic rings. The van der Waals surface area contributed by atoms with Crippen molar-refractivity contribution in [2.24, 2.45) is 0 Å². The van der Waals surface area contributed by atoms with Crippen molar-refractivity contribution in [3.05, 3.63) is 0 Å². The van der Waals surface area contributed by atoms with Gasteiger partial charge < -0.3 is 8.85 Å². The highest BCUT2D eigenvalue weighted by Crippen LogP contribution is 2.16. The van der Waals surface area contributed by atoms with E-state index in [0.29, 0.717) is 0 Å². The van der Waals surface area contributed by atoms with Gasteiger partial charge in [-0.15, -0.1) is 0 Å². The van der Waals surface area contributed by atoms with E-state index in [1.807, 2.05) is 13.8 Å². The molecule has 0 aliphatic carbocycles. The van der Waals surface area contributed by atoms with Gasteiger partial charge in [-0.3, -0.25) is 0 Å². The van der Waals surface area contributed by atoms with Crippen LogP contribution < -0.4 is 0 Å². The molecule has 0 saturated carbocycles. The normalized spacial score (nSPS) is 12.0. The summed E-state index contributed by atoms with van der Waals surface area (Å²) in [7, 11) is -1.77. The molecule has 12 heavy (non-hydrogen) atoms. The zero-order valence-corrected chi connectivity index (χ0v) is 9.85. The van der Waals surface area contributed by atoms with Gasteiger partial charge in [-0.05, 0) is 26.4 Å². The standard InChI is InChI=1S/C9H22O2Si/c1-5-8-9-12(4,10-6-2)11-7-3/h5-9H2,1-4H3. The second-order valence-corrected chi connectivity index (χ2v) is 6.45. The zero-order valence-electron chi connectivity index (χ0n) is 8.85. The Morgan fingerprint density at radius 3 is 1.83 bits per heavy atom. The van der Waals surface area contributed by atoms with Gasteiger partial charge in [0.05, 0.1) is 0 Å². The van der Waals surface area contributed by atoms with Crippen LogP contribution in [0.15, 0.2) is 0 Å². The van der Waals surface area contributed by atoms with Crippen molar-refractivity contribution in [2.75, 3.05) is 13.2 Å². The van der Waals surface area contributed by atoms with Crippen LogP contribution in [0.5, 0.6) is 0 Å². The fourth-order valence-corrected chi connectivity index (χ4v) is 3.88. The Balaban J connectivity index is 3.80. The van der Waals surface area contributed by atoms with Crippen LogP contribution in [-0.2, 0) is 8.85 Å². The number of unbranched alkanes of at least 4 members (excludes halogenated alkanes) is 1. The van der Waals surface area contributed by atoms with Gasteiger partial charge in [-0.1, -0.05) is 19.8 Å². The average Bonchev–Trinajstić information content (AvgIpc) is 2.02. The Kier molecular flexibility index (Phi) is 6.71. The summed E-state index contributed by atoms with van der Waals surface area (Å²) in [5, 5.41) is 0. The summed E-state index contributed by atoms with van der Waals surface area (Å²) in [4.78, 5) is 0. The van der Waals surface area contributed by atoms with Crippen molar-refractivity contribution >= 4 is 8.56 Å². The van der Waals surface area contributed by atoms with E-state index in [4.69, 9.17) is 8.85 Å². The van der Waals surface area contributed by atoms with Gasteiger partial charge in [0.2, 0.25) is 0 Å². The summed E-state index contributed by atoms with van der Waals surface area (Å²) in [6.45, 7) is 10.0. The highest BCUT2D eigenvalue weighted by Gasteiger charge is 2.29. The third-order valence-corrected chi connectivity index (χ3v) is 4.94. The fourth-order valence-electron chi connectivity index (χ4n) is 1.29. The maximum atomic E-state index is 5.69. The molecule has 3 heteroatoms. The Labute approximate surface area is 77.5 Å². The smallest absolute Gasteiger partial charge is 0.334 e. The third kappa shape index (κ3) is 4.90. The molecule has 0 radical (unpaired) electrons. The second-order valence-electron chi connectivity index (χ2n) is 3.10. The molecule has 0 rings (SSSR count). The van der Waals surface area contributed by atoms with Gasteiger partial charge in [0.1, 0.15) is 0 Å². The molecule has 0 heterocycles. The van der Waals surface area contributed by atoms with Crippen LogP contribution in [0.1, 0.15) is 33.6 Å². The first-order valence-corrected chi connectivity index (χ1v) is 7.48. The number of rotatable bonds is 7. The first-order valence-electron chi connectivity index (χ1n) is 4.96. The summed E-state index contributed by atoms with van der Waals surface area (Å²) in [5.74, 6) is 0. The Morgan fingerprint density at radius 2 is 1.50 bits per heavy atom. The first-order chi connectivity index (χ1) is 5.68. The molecule has 0 bridgehead atoms. The third-order valence-electron chi connectivity index (χ3n) is 1.88. The van der Waals surface area contributed by atoms with Crippen molar-refractivity contribution in [2.45, 2.75) is 46.2 Å². The summed E-state index contributed by atoms with van der Waals surface area (Å²) in [6, 6.07) is 1.13. The summed E-state index contributed by atoms with van der Waals surface area (Å²) >= 11 is 0. The van der Waals surface area contributed by atoms with Crippen molar-refractivity contribution in [3.8, 4) is 0 Å². The van der Waals surface area contributed by atoms with E-state index in [2.05, 4.69) is 13.5 Å². The minimum absolute atomic E-state index is 0.784. The van der Waals surface area contributed by atoms with Gasteiger partial charge in [0.15, 0.2) is 0 Å². The van der Waals surface area contributed by atoms with Crippen molar-refractivity contribution in [3.63, 3.8) is 0 Å². The predicted molar refractivity (Wildman–Crippen MR) is 54.6 cm³/mol. The molecule has 2 nitrogen and oxygen atoms in total. The summed E-state index contributed by atoms with van der Waals surface area (Å²) in [6.07, 6.45) is 2.45. The van der Waals surface area contributed by atoms with Crippen molar-refractivity contribution < 1.29 is 8.85 Å². The minimum Gasteiger partial charge on any atom is -0.395 e. The van der Waals surface area contributed by atoms with E-state index < -0.39 is 8.56 Å². The number of hydrogen-bond donors (Lipinski definition) is 0. The second kappa shape index (κ2) is 6.63. The van der Waals surface area contributed by atoms with E-state index in [9.17, 15) is 0 Å². The predicted octanol–water partition coefficient (Wildman–Crippen LogP) is 2.93.